The summed E-state index contributed by atoms with van der Waals surface area (Å²) in [7, 11) is 0. The highest BCUT2D eigenvalue weighted by Crippen LogP contribution is 2.29. The smallest absolute Gasteiger partial charge is 0.410 e. The second kappa shape index (κ2) is 12.3. The Morgan fingerprint density at radius 3 is 2.33 bits per heavy atom. The molecule has 0 bridgehead atoms. The Bertz CT molecular complexity index is 1220. The van der Waals surface area contributed by atoms with E-state index in [4.69, 9.17) is 4.74 Å². The van der Waals surface area contributed by atoms with Crippen LogP contribution >= 0.6 is 11.8 Å². The summed E-state index contributed by atoms with van der Waals surface area (Å²) in [5.41, 5.74) is 4.23. The fourth-order valence-corrected chi connectivity index (χ4v) is 4.82. The van der Waals surface area contributed by atoms with Gasteiger partial charge < -0.3 is 14.5 Å². The van der Waals surface area contributed by atoms with Crippen LogP contribution < -0.4 is 4.90 Å². The summed E-state index contributed by atoms with van der Waals surface area (Å²) >= 11 is 1.19. The second-order valence-corrected chi connectivity index (χ2v) is 9.51. The quantitative estimate of drug-likeness (QED) is 0.384. The Labute approximate surface area is 216 Å². The van der Waals surface area contributed by atoms with Crippen molar-refractivity contribution in [2.45, 2.75) is 19.4 Å². The molecule has 6 nitrogen and oxygen atoms in total. The van der Waals surface area contributed by atoms with Crippen molar-refractivity contribution in [2.75, 3.05) is 30.8 Å². The van der Waals surface area contributed by atoms with Crippen molar-refractivity contribution in [2.24, 2.45) is 5.92 Å². The van der Waals surface area contributed by atoms with Gasteiger partial charge in [0.15, 0.2) is 0 Å². The van der Waals surface area contributed by atoms with Gasteiger partial charge in [0.25, 0.3) is 5.24 Å². The molecule has 2 amide bonds. The topological polar surface area (TPSA) is 73.6 Å². The van der Waals surface area contributed by atoms with E-state index in [-0.39, 0.29) is 17.9 Å². The lowest BCUT2D eigenvalue weighted by atomic mass is 9.96. The van der Waals surface area contributed by atoms with Crippen LogP contribution in [0.25, 0.3) is 11.1 Å². The van der Waals surface area contributed by atoms with Gasteiger partial charge in [0, 0.05) is 25.3 Å². The second-order valence-electron chi connectivity index (χ2n) is 8.76. The number of hydrogen-bond acceptors (Lipinski definition) is 5. The minimum absolute atomic E-state index is 0.00937. The summed E-state index contributed by atoms with van der Waals surface area (Å²) in [4.78, 5) is 28.9. The Hall–Kier alpha value is -3.76. The van der Waals surface area contributed by atoms with Gasteiger partial charge >= 0.3 is 6.09 Å². The molecule has 0 saturated carbocycles. The van der Waals surface area contributed by atoms with E-state index in [2.05, 4.69) is 6.07 Å². The maximum Gasteiger partial charge on any atom is 0.410 e. The standard InChI is InChI=1S/C29H29N3O3S/c1-36-29(34)32(26-13-11-24(12-14-26)27-10-6-5-9-25(27)19-30)20-22-15-17-31(18-16-22)28(33)35-21-23-7-3-2-4-8-23/h2-14,22H,15-18,20-21H2,1H3. The SMILES string of the molecule is CSC(=O)N(CC1CCN(C(=O)OCc2ccccc2)CC1)c1ccc(-c2ccccc2C#N)cc1. The van der Waals surface area contributed by atoms with Crippen LogP contribution in [0.15, 0.2) is 78.9 Å². The summed E-state index contributed by atoms with van der Waals surface area (Å²) in [6.07, 6.45) is 3.12. The lowest BCUT2D eigenvalue weighted by molar-refractivity contribution is 0.0829. The molecule has 1 aliphatic rings. The molecule has 3 aromatic carbocycles. The minimum atomic E-state index is -0.289. The van der Waals surface area contributed by atoms with Crippen LogP contribution in [0.3, 0.4) is 0 Å². The van der Waals surface area contributed by atoms with Crippen molar-refractivity contribution in [3.63, 3.8) is 0 Å². The fourth-order valence-electron chi connectivity index (χ4n) is 4.42. The third-order valence-electron chi connectivity index (χ3n) is 6.45. The highest BCUT2D eigenvalue weighted by atomic mass is 32.2. The van der Waals surface area contributed by atoms with E-state index in [0.717, 1.165) is 35.2 Å². The third kappa shape index (κ3) is 6.27. The first-order valence-electron chi connectivity index (χ1n) is 12.0. The normalized spacial score (nSPS) is 13.6. The molecule has 1 fully saturated rings. The molecule has 1 heterocycles. The molecule has 184 valence electrons. The van der Waals surface area contributed by atoms with Crippen LogP contribution in [0.1, 0.15) is 24.0 Å². The number of likely N-dealkylation sites (tertiary alicyclic amines) is 1. The van der Waals surface area contributed by atoms with Crippen molar-refractivity contribution in [1.82, 2.24) is 4.90 Å². The van der Waals surface area contributed by atoms with Crippen LogP contribution in [0.5, 0.6) is 0 Å². The molecule has 36 heavy (non-hydrogen) atoms. The van der Waals surface area contributed by atoms with Gasteiger partial charge in [-0.2, -0.15) is 5.26 Å². The van der Waals surface area contributed by atoms with E-state index in [1.807, 2.05) is 77.7 Å². The largest absolute Gasteiger partial charge is 0.445 e. The van der Waals surface area contributed by atoms with Crippen molar-refractivity contribution >= 4 is 28.8 Å². The number of amides is 2. The number of carbonyl (C=O) groups is 2. The van der Waals surface area contributed by atoms with Gasteiger partial charge in [0.05, 0.1) is 11.6 Å². The Kier molecular flexibility index (Phi) is 8.64. The van der Waals surface area contributed by atoms with Crippen LogP contribution in [0, 0.1) is 17.2 Å². The van der Waals surface area contributed by atoms with E-state index in [9.17, 15) is 14.9 Å². The monoisotopic (exact) mass is 499 g/mol. The van der Waals surface area contributed by atoms with E-state index in [0.29, 0.717) is 31.1 Å². The minimum Gasteiger partial charge on any atom is -0.445 e. The molecule has 0 atom stereocenters. The number of anilines is 1. The zero-order chi connectivity index (χ0) is 25.3. The lowest BCUT2D eigenvalue weighted by Gasteiger charge is -2.34. The van der Waals surface area contributed by atoms with Gasteiger partial charge in [0.2, 0.25) is 0 Å². The highest BCUT2D eigenvalue weighted by molar-refractivity contribution is 8.13. The molecule has 3 aromatic rings. The fraction of sp³-hybridized carbons (Fsp3) is 0.276. The van der Waals surface area contributed by atoms with Gasteiger partial charge in [-0.25, -0.2) is 4.79 Å². The average molecular weight is 500 g/mol. The Morgan fingerprint density at radius 1 is 1.00 bits per heavy atom. The van der Waals surface area contributed by atoms with Crippen LogP contribution in [-0.4, -0.2) is 42.1 Å². The zero-order valence-electron chi connectivity index (χ0n) is 20.3. The molecule has 0 radical (unpaired) electrons. The summed E-state index contributed by atoms with van der Waals surface area (Å²) in [5.74, 6) is 0.290. The van der Waals surface area contributed by atoms with Crippen molar-refractivity contribution < 1.29 is 14.3 Å². The third-order valence-corrected chi connectivity index (χ3v) is 7.02. The van der Waals surface area contributed by atoms with Crippen molar-refractivity contribution in [3.8, 4) is 17.2 Å². The first-order valence-corrected chi connectivity index (χ1v) is 13.2. The summed E-state index contributed by atoms with van der Waals surface area (Å²) in [5, 5.41) is 9.40. The first-order chi connectivity index (χ1) is 17.6. The number of rotatable bonds is 6. The number of nitrogens with zero attached hydrogens (tertiary/aromatic N) is 3. The number of carbonyl (C=O) groups excluding carboxylic acids is 2. The molecule has 1 saturated heterocycles. The molecule has 0 unspecified atom stereocenters. The Morgan fingerprint density at radius 2 is 1.67 bits per heavy atom. The first kappa shape index (κ1) is 25.3. The van der Waals surface area contributed by atoms with E-state index >= 15 is 0 Å². The van der Waals surface area contributed by atoms with E-state index in [1.54, 1.807) is 17.2 Å². The maximum absolute atomic E-state index is 12.8. The summed E-state index contributed by atoms with van der Waals surface area (Å²) in [6, 6.07) is 27.2. The van der Waals surface area contributed by atoms with Crippen molar-refractivity contribution in [1.29, 1.82) is 5.26 Å². The maximum atomic E-state index is 12.8. The number of hydrogen-bond donors (Lipinski definition) is 0. The molecule has 0 aromatic heterocycles. The average Bonchev–Trinajstić information content (AvgIpc) is 2.95. The van der Waals surface area contributed by atoms with Crippen LogP contribution in [-0.2, 0) is 11.3 Å². The number of benzene rings is 3. The molecule has 7 heteroatoms. The number of nitriles is 1. The lowest BCUT2D eigenvalue weighted by Crippen LogP contribution is -2.42. The van der Waals surface area contributed by atoms with E-state index in [1.165, 1.54) is 11.8 Å². The molecular weight excluding hydrogens is 470 g/mol. The number of piperidine rings is 1. The molecule has 0 aliphatic carbocycles. The summed E-state index contributed by atoms with van der Waals surface area (Å²) < 4.78 is 5.47. The molecular formula is C29H29N3O3S. The Balaban J connectivity index is 1.36. The van der Waals surface area contributed by atoms with Crippen LogP contribution in [0.4, 0.5) is 15.3 Å². The van der Waals surface area contributed by atoms with Gasteiger partial charge in [-0.05, 0) is 59.9 Å². The molecule has 0 spiro atoms. The molecule has 0 N–H and O–H groups in total. The zero-order valence-corrected chi connectivity index (χ0v) is 21.1. The predicted molar refractivity (Wildman–Crippen MR) is 144 cm³/mol. The van der Waals surface area contributed by atoms with Gasteiger partial charge in [-0.15, -0.1) is 0 Å². The van der Waals surface area contributed by atoms with Gasteiger partial charge in [0.1, 0.15) is 6.61 Å². The molecule has 4 rings (SSSR count). The highest BCUT2D eigenvalue weighted by Gasteiger charge is 2.27. The van der Waals surface area contributed by atoms with Crippen molar-refractivity contribution in [3.05, 3.63) is 90.0 Å². The van der Waals surface area contributed by atoms with Gasteiger partial charge in [-0.3, -0.25) is 4.79 Å². The predicted octanol–water partition coefficient (Wildman–Crippen LogP) is 6.56. The number of ether oxygens (including phenoxy) is 1. The summed E-state index contributed by atoms with van der Waals surface area (Å²) in [6.45, 7) is 2.10. The molecule has 1 aliphatic heterocycles. The van der Waals surface area contributed by atoms with Crippen LogP contribution in [0.2, 0.25) is 0 Å². The number of thioether (sulfide) groups is 1. The van der Waals surface area contributed by atoms with Gasteiger partial charge in [-0.1, -0.05) is 72.4 Å². The van der Waals surface area contributed by atoms with E-state index < -0.39 is 0 Å².